The first-order valence-corrected chi connectivity index (χ1v) is 10.5. The molecule has 2 aromatic rings. The lowest BCUT2D eigenvalue weighted by atomic mass is 9.76. The van der Waals surface area contributed by atoms with E-state index >= 15 is 0 Å². The summed E-state index contributed by atoms with van der Waals surface area (Å²) >= 11 is 3.73. The van der Waals surface area contributed by atoms with Crippen LogP contribution in [-0.2, 0) is 13.1 Å². The first kappa shape index (κ1) is 16.4. The molecule has 4 atom stereocenters. The van der Waals surface area contributed by atoms with Crippen LogP contribution in [0.5, 0.6) is 0 Å². The van der Waals surface area contributed by atoms with Crippen molar-refractivity contribution in [2.24, 2.45) is 11.8 Å². The fraction of sp³-hybridized carbons (Fsp3) is 0.500. The maximum absolute atomic E-state index is 5.73. The molecule has 0 saturated carbocycles. The van der Waals surface area contributed by atoms with Crippen molar-refractivity contribution in [3.8, 4) is 12.3 Å². The molecule has 5 heterocycles. The summed E-state index contributed by atoms with van der Waals surface area (Å²) in [7, 11) is 0. The highest BCUT2D eigenvalue weighted by Crippen LogP contribution is 2.36. The summed E-state index contributed by atoms with van der Waals surface area (Å²) in [4.78, 5) is 8.21. The normalized spacial score (nSPS) is 29.0. The van der Waals surface area contributed by atoms with Crippen LogP contribution in [0.15, 0.2) is 35.0 Å². The number of hydrogen-bond acceptors (Lipinski definition) is 4. The van der Waals surface area contributed by atoms with Crippen LogP contribution in [0, 0.1) is 24.2 Å². The number of hydrogen-bond donors (Lipinski definition) is 0. The Bertz CT molecular complexity index is 635. The highest BCUT2D eigenvalue weighted by atomic mass is 32.1. The summed E-state index contributed by atoms with van der Waals surface area (Å²) in [5.74, 6) is 4.26. The van der Waals surface area contributed by atoms with Crippen molar-refractivity contribution in [2.75, 3.05) is 19.6 Å². The molecule has 3 fully saturated rings. The molecular formula is C20H24N2S2. The van der Waals surface area contributed by atoms with Crippen molar-refractivity contribution in [1.29, 1.82) is 0 Å². The third-order valence-electron chi connectivity index (χ3n) is 5.48. The van der Waals surface area contributed by atoms with Crippen molar-refractivity contribution < 1.29 is 0 Å². The third-order valence-corrected chi connectivity index (χ3v) is 7.20. The lowest BCUT2D eigenvalue weighted by Gasteiger charge is -2.49. The second-order valence-corrected chi connectivity index (χ2v) is 9.10. The van der Waals surface area contributed by atoms with Crippen molar-refractivity contribution in [3.63, 3.8) is 0 Å². The molecule has 2 aromatic heterocycles. The minimum atomic E-state index is 0.484. The molecule has 2 bridgehead atoms. The Morgan fingerprint density at radius 2 is 1.88 bits per heavy atom. The molecule has 3 saturated heterocycles. The number of terminal acetylenes is 1. The summed E-state index contributed by atoms with van der Waals surface area (Å²) in [6, 6.07) is 9.51. The van der Waals surface area contributed by atoms with Crippen molar-refractivity contribution in [3.05, 3.63) is 44.8 Å². The van der Waals surface area contributed by atoms with Gasteiger partial charge in [-0.1, -0.05) is 12.1 Å². The molecule has 126 valence electrons. The monoisotopic (exact) mass is 356 g/mol. The van der Waals surface area contributed by atoms with E-state index in [0.717, 1.165) is 32.1 Å². The van der Waals surface area contributed by atoms with Gasteiger partial charge in [-0.2, -0.15) is 0 Å². The number of nitrogens with zero attached hydrogens (tertiary/aromatic N) is 2. The lowest BCUT2D eigenvalue weighted by molar-refractivity contribution is 0.00314. The van der Waals surface area contributed by atoms with Crippen LogP contribution in [0.1, 0.15) is 22.6 Å². The molecule has 1 unspecified atom stereocenters. The van der Waals surface area contributed by atoms with Crippen LogP contribution in [0.3, 0.4) is 0 Å². The maximum atomic E-state index is 5.73. The average Bonchev–Trinajstić information content (AvgIpc) is 3.29. The number of rotatable bonds is 6. The molecule has 0 aliphatic carbocycles. The van der Waals surface area contributed by atoms with Gasteiger partial charge in [-0.3, -0.25) is 9.80 Å². The second kappa shape index (κ2) is 7.41. The molecule has 24 heavy (non-hydrogen) atoms. The Hall–Kier alpha value is -1.12. The van der Waals surface area contributed by atoms with Gasteiger partial charge in [-0.05, 0) is 48.2 Å². The van der Waals surface area contributed by atoms with E-state index in [9.17, 15) is 0 Å². The van der Waals surface area contributed by atoms with E-state index in [4.69, 9.17) is 6.42 Å². The molecule has 0 spiro atoms. The standard InChI is InChI=1S/C20H24N2S2/c1-2-16-12-22-8-7-17(16)11-18(22)13-21(14-19-5-3-9-23-19)15-20-6-4-10-24-20/h1,3-6,9-10,16-18H,7-8,11-15H2/t16-,17-,18+/m0/s1. The van der Waals surface area contributed by atoms with Gasteiger partial charge in [-0.15, -0.1) is 35.0 Å². The number of piperidine rings is 3. The Balaban J connectivity index is 1.44. The third kappa shape index (κ3) is 3.60. The van der Waals surface area contributed by atoms with E-state index in [2.05, 4.69) is 50.7 Å². The summed E-state index contributed by atoms with van der Waals surface area (Å²) in [5, 5.41) is 4.37. The molecular weight excluding hydrogens is 332 g/mol. The van der Waals surface area contributed by atoms with Crippen LogP contribution in [0.25, 0.3) is 0 Å². The van der Waals surface area contributed by atoms with Gasteiger partial charge < -0.3 is 0 Å². The predicted octanol–water partition coefficient (Wildman–Crippen LogP) is 4.16. The lowest BCUT2D eigenvalue weighted by Crippen LogP contribution is -2.56. The molecule has 0 aromatic carbocycles. The molecule has 5 rings (SSSR count). The largest absolute Gasteiger partial charge is 0.298 e. The van der Waals surface area contributed by atoms with Gasteiger partial charge in [0, 0.05) is 47.9 Å². The van der Waals surface area contributed by atoms with E-state index in [1.807, 2.05) is 22.7 Å². The average molecular weight is 357 g/mol. The first-order chi connectivity index (χ1) is 11.8. The van der Waals surface area contributed by atoms with Crippen LogP contribution in [-0.4, -0.2) is 35.5 Å². The highest BCUT2D eigenvalue weighted by Gasteiger charge is 2.39. The quantitative estimate of drug-likeness (QED) is 0.717. The molecule has 2 nitrogen and oxygen atoms in total. The highest BCUT2D eigenvalue weighted by molar-refractivity contribution is 7.10. The van der Waals surface area contributed by atoms with Gasteiger partial charge in [-0.25, -0.2) is 0 Å². The van der Waals surface area contributed by atoms with Crippen LogP contribution in [0.2, 0.25) is 0 Å². The summed E-state index contributed by atoms with van der Waals surface area (Å²) in [6.45, 7) is 5.62. The zero-order valence-electron chi connectivity index (χ0n) is 13.9. The smallest absolute Gasteiger partial charge is 0.0356 e. The van der Waals surface area contributed by atoms with Crippen molar-refractivity contribution in [2.45, 2.75) is 32.0 Å². The van der Waals surface area contributed by atoms with Gasteiger partial charge in [0.15, 0.2) is 0 Å². The zero-order valence-corrected chi connectivity index (χ0v) is 15.6. The molecule has 0 N–H and O–H groups in total. The van der Waals surface area contributed by atoms with Gasteiger partial charge in [0.25, 0.3) is 0 Å². The topological polar surface area (TPSA) is 6.48 Å². The molecule has 0 radical (unpaired) electrons. The second-order valence-electron chi connectivity index (χ2n) is 7.03. The van der Waals surface area contributed by atoms with Gasteiger partial charge in [0.1, 0.15) is 0 Å². The first-order valence-electron chi connectivity index (χ1n) is 8.79. The Kier molecular flexibility index (Phi) is 5.05. The number of fused-ring (bicyclic) bond motifs is 3. The summed E-state index contributed by atoms with van der Waals surface area (Å²) in [6.07, 6.45) is 8.30. The minimum Gasteiger partial charge on any atom is -0.298 e. The summed E-state index contributed by atoms with van der Waals surface area (Å²) in [5.41, 5.74) is 0. The van der Waals surface area contributed by atoms with Gasteiger partial charge in [0.2, 0.25) is 0 Å². The molecule has 3 aliphatic rings. The predicted molar refractivity (Wildman–Crippen MR) is 103 cm³/mol. The number of thiophene rings is 2. The van der Waals surface area contributed by atoms with E-state index in [1.165, 1.54) is 29.1 Å². The van der Waals surface area contributed by atoms with Crippen LogP contribution in [0.4, 0.5) is 0 Å². The van der Waals surface area contributed by atoms with E-state index in [-0.39, 0.29) is 0 Å². The maximum Gasteiger partial charge on any atom is 0.0356 e. The summed E-state index contributed by atoms with van der Waals surface area (Å²) < 4.78 is 0. The van der Waals surface area contributed by atoms with Crippen LogP contribution >= 0.6 is 22.7 Å². The Morgan fingerprint density at radius 3 is 2.38 bits per heavy atom. The van der Waals surface area contributed by atoms with E-state index in [0.29, 0.717) is 12.0 Å². The van der Waals surface area contributed by atoms with E-state index < -0.39 is 0 Å². The molecule has 3 aliphatic heterocycles. The van der Waals surface area contributed by atoms with Crippen molar-refractivity contribution in [1.82, 2.24) is 9.80 Å². The Labute approximate surface area is 153 Å². The van der Waals surface area contributed by atoms with Gasteiger partial charge >= 0.3 is 0 Å². The fourth-order valence-corrected chi connectivity index (χ4v) is 5.74. The minimum absolute atomic E-state index is 0.484. The SMILES string of the molecule is C#C[C@H]1CN2CC[C@H]1C[C@@H]2CN(Cc1cccs1)Cc1cccs1. The fourth-order valence-electron chi connectivity index (χ4n) is 4.25. The van der Waals surface area contributed by atoms with Gasteiger partial charge in [0.05, 0.1) is 0 Å². The molecule has 4 heteroatoms. The zero-order chi connectivity index (χ0) is 16.4. The van der Waals surface area contributed by atoms with E-state index in [1.54, 1.807) is 0 Å². The Morgan fingerprint density at radius 1 is 1.17 bits per heavy atom. The van der Waals surface area contributed by atoms with Crippen LogP contribution < -0.4 is 0 Å². The van der Waals surface area contributed by atoms with Crippen molar-refractivity contribution >= 4 is 22.7 Å². The molecule has 0 amide bonds.